The predicted molar refractivity (Wildman–Crippen MR) is 62.8 cm³/mol. The number of hydrogen-bond acceptors (Lipinski definition) is 3. The lowest BCUT2D eigenvalue weighted by atomic mass is 10.2. The first-order chi connectivity index (χ1) is 7.68. The molecule has 0 aliphatic carbocycles. The van der Waals surface area contributed by atoms with Gasteiger partial charge in [-0.1, -0.05) is 18.2 Å². The molecule has 1 fully saturated rings. The summed E-state index contributed by atoms with van der Waals surface area (Å²) in [6.45, 7) is 1.06. The van der Waals surface area contributed by atoms with Crippen molar-refractivity contribution in [1.29, 1.82) is 0 Å². The Morgan fingerprint density at radius 3 is 2.38 bits per heavy atom. The van der Waals surface area contributed by atoms with Gasteiger partial charge >= 0.3 is 0 Å². The first kappa shape index (κ1) is 11.4. The van der Waals surface area contributed by atoms with Crippen LogP contribution in [0.25, 0.3) is 0 Å². The summed E-state index contributed by atoms with van der Waals surface area (Å²) in [5.74, 6) is 0. The van der Waals surface area contributed by atoms with Gasteiger partial charge in [0, 0.05) is 18.9 Å². The zero-order valence-electron chi connectivity index (χ0n) is 8.93. The maximum absolute atomic E-state index is 12.0. The minimum Gasteiger partial charge on any atom is -0.381 e. The second-order valence-corrected chi connectivity index (χ2v) is 5.79. The molecule has 1 aromatic rings. The third kappa shape index (κ3) is 2.74. The van der Waals surface area contributed by atoms with E-state index >= 15 is 0 Å². The highest BCUT2D eigenvalue weighted by molar-refractivity contribution is 7.93. The second kappa shape index (κ2) is 4.84. The van der Waals surface area contributed by atoms with Crippen LogP contribution in [-0.4, -0.2) is 26.9 Å². The van der Waals surface area contributed by atoms with Crippen molar-refractivity contribution in [2.24, 2.45) is 0 Å². The first-order valence-electron chi connectivity index (χ1n) is 5.33. The van der Waals surface area contributed by atoms with E-state index < -0.39 is 10.0 Å². The first-order valence-corrected chi connectivity index (χ1v) is 6.87. The summed E-state index contributed by atoms with van der Waals surface area (Å²) < 4.78 is 31.7. The second-order valence-electron chi connectivity index (χ2n) is 3.82. The fraction of sp³-hybridized carbons (Fsp3) is 0.455. The van der Waals surface area contributed by atoms with Crippen LogP contribution in [-0.2, 0) is 14.8 Å². The van der Waals surface area contributed by atoms with Gasteiger partial charge in [-0.25, -0.2) is 8.42 Å². The van der Waals surface area contributed by atoms with Crippen molar-refractivity contribution in [3.63, 3.8) is 0 Å². The van der Waals surface area contributed by atoms with Crippen LogP contribution in [0.5, 0.6) is 0 Å². The van der Waals surface area contributed by atoms with Crippen LogP contribution in [0.4, 0.5) is 5.69 Å². The lowest BCUT2D eigenvalue weighted by molar-refractivity contribution is 0.0984. The molecule has 1 heterocycles. The van der Waals surface area contributed by atoms with Crippen molar-refractivity contribution in [3.8, 4) is 0 Å². The molecular formula is C11H15NO3S. The maximum atomic E-state index is 12.0. The topological polar surface area (TPSA) is 55.4 Å². The highest BCUT2D eigenvalue weighted by Gasteiger charge is 2.27. The molecule has 1 saturated heterocycles. The number of anilines is 1. The minimum absolute atomic E-state index is 0.332. The number of benzene rings is 1. The highest BCUT2D eigenvalue weighted by atomic mass is 32.2. The van der Waals surface area contributed by atoms with E-state index in [0.717, 1.165) is 0 Å². The van der Waals surface area contributed by atoms with Gasteiger partial charge in [0.1, 0.15) is 0 Å². The number of nitrogens with one attached hydrogen (secondary N) is 1. The molecule has 4 nitrogen and oxygen atoms in total. The molecule has 2 rings (SSSR count). The summed E-state index contributed by atoms with van der Waals surface area (Å²) in [7, 11) is -3.27. The summed E-state index contributed by atoms with van der Waals surface area (Å²) in [6, 6.07) is 8.96. The Labute approximate surface area is 95.7 Å². The SMILES string of the molecule is O=S(=O)(Nc1ccccc1)C1CCOCC1. The molecule has 0 unspecified atom stereocenters. The Bertz CT molecular complexity index is 424. The van der Waals surface area contributed by atoms with Gasteiger partial charge in [-0.2, -0.15) is 0 Å². The predicted octanol–water partition coefficient (Wildman–Crippen LogP) is 1.61. The van der Waals surface area contributed by atoms with E-state index in [4.69, 9.17) is 4.74 Å². The van der Waals surface area contributed by atoms with E-state index in [1.165, 1.54) is 0 Å². The van der Waals surface area contributed by atoms with Crippen LogP contribution < -0.4 is 4.72 Å². The monoisotopic (exact) mass is 241 g/mol. The molecule has 0 spiro atoms. The zero-order chi connectivity index (χ0) is 11.4. The molecule has 5 heteroatoms. The Kier molecular flexibility index (Phi) is 3.46. The van der Waals surface area contributed by atoms with Crippen LogP contribution in [0.3, 0.4) is 0 Å². The van der Waals surface area contributed by atoms with Crippen molar-refractivity contribution >= 4 is 15.7 Å². The molecule has 1 aromatic carbocycles. The van der Waals surface area contributed by atoms with E-state index in [1.54, 1.807) is 12.1 Å². The highest BCUT2D eigenvalue weighted by Crippen LogP contribution is 2.18. The molecule has 0 saturated carbocycles. The minimum atomic E-state index is -3.27. The van der Waals surface area contributed by atoms with Crippen LogP contribution in [0.15, 0.2) is 30.3 Å². The van der Waals surface area contributed by atoms with Crippen LogP contribution in [0.1, 0.15) is 12.8 Å². The van der Waals surface area contributed by atoms with Crippen molar-refractivity contribution in [1.82, 2.24) is 0 Å². The summed E-state index contributed by atoms with van der Waals surface area (Å²) in [6.07, 6.45) is 1.14. The average molecular weight is 241 g/mol. The quantitative estimate of drug-likeness (QED) is 0.874. The number of sulfonamides is 1. The summed E-state index contributed by atoms with van der Waals surface area (Å²) in [5.41, 5.74) is 0.619. The number of hydrogen-bond donors (Lipinski definition) is 1. The Balaban J connectivity index is 2.08. The number of ether oxygens (including phenoxy) is 1. The van der Waals surface area contributed by atoms with Gasteiger partial charge in [0.25, 0.3) is 0 Å². The third-order valence-corrected chi connectivity index (χ3v) is 4.51. The summed E-state index contributed by atoms with van der Waals surface area (Å²) in [5, 5.41) is -0.332. The van der Waals surface area contributed by atoms with Gasteiger partial charge in [-0.05, 0) is 25.0 Å². The van der Waals surface area contributed by atoms with Gasteiger partial charge in [0.2, 0.25) is 10.0 Å². The average Bonchev–Trinajstić information content (AvgIpc) is 2.31. The lowest BCUT2D eigenvalue weighted by Crippen LogP contribution is -2.33. The third-order valence-electron chi connectivity index (χ3n) is 2.64. The Morgan fingerprint density at radius 1 is 1.12 bits per heavy atom. The Morgan fingerprint density at radius 2 is 1.75 bits per heavy atom. The lowest BCUT2D eigenvalue weighted by Gasteiger charge is -2.22. The van der Waals surface area contributed by atoms with E-state index in [1.807, 2.05) is 18.2 Å². The van der Waals surface area contributed by atoms with Crippen molar-refractivity contribution < 1.29 is 13.2 Å². The normalized spacial score (nSPS) is 18.2. The van der Waals surface area contributed by atoms with Crippen molar-refractivity contribution in [2.45, 2.75) is 18.1 Å². The fourth-order valence-electron chi connectivity index (χ4n) is 1.74. The fourth-order valence-corrected chi connectivity index (χ4v) is 3.18. The van der Waals surface area contributed by atoms with E-state index in [9.17, 15) is 8.42 Å². The van der Waals surface area contributed by atoms with E-state index in [0.29, 0.717) is 31.7 Å². The molecule has 88 valence electrons. The van der Waals surface area contributed by atoms with Gasteiger partial charge < -0.3 is 4.74 Å². The van der Waals surface area contributed by atoms with Gasteiger partial charge in [-0.15, -0.1) is 0 Å². The van der Waals surface area contributed by atoms with Gasteiger partial charge in [-0.3, -0.25) is 4.72 Å². The standard InChI is InChI=1S/C11H15NO3S/c13-16(14,11-6-8-15-9-7-11)12-10-4-2-1-3-5-10/h1-5,11-12H,6-9H2. The smallest absolute Gasteiger partial charge is 0.235 e. The number of rotatable bonds is 3. The van der Waals surface area contributed by atoms with Gasteiger partial charge in [0.05, 0.1) is 5.25 Å². The van der Waals surface area contributed by atoms with Gasteiger partial charge in [0.15, 0.2) is 0 Å². The molecule has 1 N–H and O–H groups in total. The molecule has 0 amide bonds. The molecule has 0 bridgehead atoms. The van der Waals surface area contributed by atoms with Crippen LogP contribution >= 0.6 is 0 Å². The maximum Gasteiger partial charge on any atom is 0.235 e. The summed E-state index contributed by atoms with van der Waals surface area (Å²) in [4.78, 5) is 0. The van der Waals surface area contributed by atoms with Crippen molar-refractivity contribution in [3.05, 3.63) is 30.3 Å². The Hall–Kier alpha value is -1.07. The van der Waals surface area contributed by atoms with Crippen molar-refractivity contribution in [2.75, 3.05) is 17.9 Å². The molecule has 0 aromatic heterocycles. The van der Waals surface area contributed by atoms with E-state index in [-0.39, 0.29) is 5.25 Å². The number of para-hydroxylation sites is 1. The largest absolute Gasteiger partial charge is 0.381 e. The molecule has 0 atom stereocenters. The molecule has 1 aliphatic rings. The zero-order valence-corrected chi connectivity index (χ0v) is 9.74. The molecule has 16 heavy (non-hydrogen) atoms. The van der Waals surface area contributed by atoms with Crippen LogP contribution in [0.2, 0.25) is 0 Å². The van der Waals surface area contributed by atoms with Crippen LogP contribution in [0, 0.1) is 0 Å². The summed E-state index contributed by atoms with van der Waals surface area (Å²) >= 11 is 0. The molecule has 1 aliphatic heterocycles. The van der Waals surface area contributed by atoms with E-state index in [2.05, 4.69) is 4.72 Å². The molecular weight excluding hydrogens is 226 g/mol. The molecule has 0 radical (unpaired) electrons.